The van der Waals surface area contributed by atoms with E-state index in [2.05, 4.69) is 9.97 Å². The van der Waals surface area contributed by atoms with Crippen LogP contribution in [0, 0.1) is 0 Å². The smallest absolute Gasteiger partial charge is 0.134 e. The molecule has 0 fully saturated rings. The van der Waals surface area contributed by atoms with Crippen molar-refractivity contribution in [2.75, 3.05) is 5.73 Å². The molecule has 0 aromatic heterocycles. The van der Waals surface area contributed by atoms with E-state index in [9.17, 15) is 0 Å². The van der Waals surface area contributed by atoms with Crippen molar-refractivity contribution in [1.29, 1.82) is 0 Å². The van der Waals surface area contributed by atoms with E-state index in [1.807, 2.05) is 18.2 Å². The topological polar surface area (TPSA) is 54.7 Å². The predicted octanol–water partition coefficient (Wildman–Crippen LogP) is 1.94. The highest BCUT2D eigenvalue weighted by Crippen LogP contribution is 2.23. The quantitative estimate of drug-likeness (QED) is 0.691. The van der Waals surface area contributed by atoms with Gasteiger partial charge >= 0.3 is 0 Å². The maximum Gasteiger partial charge on any atom is 0.134 e. The fourth-order valence-corrected chi connectivity index (χ4v) is 1.01. The lowest BCUT2D eigenvalue weighted by Crippen LogP contribution is -1.93. The van der Waals surface area contributed by atoms with E-state index in [0.717, 1.165) is 11.3 Å². The maximum absolute atomic E-state index is 5.57. The van der Waals surface area contributed by atoms with Gasteiger partial charge in [0.2, 0.25) is 0 Å². The normalized spacial score (nSPS) is 8.67. The van der Waals surface area contributed by atoms with Crippen LogP contribution >= 0.6 is 24.8 Å². The van der Waals surface area contributed by atoms with Gasteiger partial charge in [-0.3, -0.25) is 0 Å². The third kappa shape index (κ3) is 1.62. The first-order valence-corrected chi connectivity index (χ1v) is 3.05. The minimum Gasteiger partial charge on any atom is -0.383 e. The lowest BCUT2D eigenvalue weighted by atomic mass is 10.2. The lowest BCUT2D eigenvalue weighted by molar-refractivity contribution is 1.19. The zero-order valence-corrected chi connectivity index (χ0v) is 7.78. The molecule has 0 unspecified atom stereocenters. The summed E-state index contributed by atoms with van der Waals surface area (Å²) < 4.78 is 0. The molecule has 2 rings (SSSR count). The number of anilines is 1. The second-order valence-corrected chi connectivity index (χ2v) is 2.14. The van der Waals surface area contributed by atoms with Crippen molar-refractivity contribution in [1.82, 2.24) is 9.97 Å². The summed E-state index contributed by atoms with van der Waals surface area (Å²) in [5, 5.41) is 0. The van der Waals surface area contributed by atoms with Crippen LogP contribution in [0.4, 0.5) is 5.82 Å². The van der Waals surface area contributed by atoms with Crippen LogP contribution in [-0.4, -0.2) is 9.97 Å². The number of fused-ring (bicyclic) bond motifs is 1. The molecule has 1 heterocycles. The number of nitrogen functional groups attached to an aromatic ring is 1. The van der Waals surface area contributed by atoms with E-state index in [4.69, 9.17) is 5.73 Å². The van der Waals surface area contributed by atoms with E-state index < -0.39 is 0 Å². The number of halogens is 2. The molecule has 3 nitrogen and oxygen atoms in total. The van der Waals surface area contributed by atoms with Crippen LogP contribution in [0.5, 0.6) is 0 Å². The number of hydrogen-bond acceptors (Lipinski definition) is 2. The molecule has 2 aliphatic rings. The Balaban J connectivity index is 0.000000605. The summed E-state index contributed by atoms with van der Waals surface area (Å²) in [7, 11) is 0. The van der Waals surface area contributed by atoms with Crippen molar-refractivity contribution in [3.05, 3.63) is 24.5 Å². The van der Waals surface area contributed by atoms with Gasteiger partial charge in [0, 0.05) is 5.56 Å². The number of rotatable bonds is 0. The molecule has 1 aliphatic carbocycles. The third-order valence-corrected chi connectivity index (χ3v) is 1.52. The van der Waals surface area contributed by atoms with Gasteiger partial charge in [-0.05, 0) is 12.1 Å². The Kier molecular flexibility index (Phi) is 3.86. The highest BCUT2D eigenvalue weighted by atomic mass is 35.5. The summed E-state index contributed by atoms with van der Waals surface area (Å²) >= 11 is 0. The minimum atomic E-state index is 0. The molecule has 12 heavy (non-hydrogen) atoms. The SMILES string of the molecule is Cl.Cl.Nc1nc[nH]c2cccc1-2. The number of nitrogens with zero attached hydrogens (tertiary/aromatic N) is 1. The summed E-state index contributed by atoms with van der Waals surface area (Å²) in [5.41, 5.74) is 7.59. The van der Waals surface area contributed by atoms with Crippen molar-refractivity contribution in [3.8, 4) is 11.3 Å². The molecule has 0 bridgehead atoms. The molecule has 0 aromatic carbocycles. The number of hydrogen-bond donors (Lipinski definition) is 2. The Bertz CT molecular complexity index is 321. The van der Waals surface area contributed by atoms with E-state index in [1.54, 1.807) is 6.33 Å². The molecule has 0 spiro atoms. The van der Waals surface area contributed by atoms with Gasteiger partial charge in [-0.15, -0.1) is 24.8 Å². The van der Waals surface area contributed by atoms with Crippen molar-refractivity contribution in [2.45, 2.75) is 0 Å². The summed E-state index contributed by atoms with van der Waals surface area (Å²) in [6.45, 7) is 0. The van der Waals surface area contributed by atoms with Crippen LogP contribution in [0.2, 0.25) is 0 Å². The Labute approximate surface area is 82.5 Å². The van der Waals surface area contributed by atoms with E-state index in [1.165, 1.54) is 0 Å². The predicted molar refractivity (Wildman–Crippen MR) is 54.1 cm³/mol. The molecule has 0 saturated heterocycles. The summed E-state index contributed by atoms with van der Waals surface area (Å²) in [6, 6.07) is 5.85. The first kappa shape index (κ1) is 11.1. The Morgan fingerprint density at radius 2 is 2.00 bits per heavy atom. The molecule has 3 N–H and O–H groups in total. The number of H-pyrrole nitrogens is 1. The standard InChI is InChI=1S/C7H7N3.2ClH/c8-7-5-2-1-3-6(5)9-4-10-7;;/h1-4H,8H2,(H,9,10);2*1H. The van der Waals surface area contributed by atoms with Gasteiger partial charge < -0.3 is 10.7 Å². The molecule has 0 aromatic rings. The van der Waals surface area contributed by atoms with Crippen molar-refractivity contribution in [2.24, 2.45) is 0 Å². The largest absolute Gasteiger partial charge is 0.383 e. The van der Waals surface area contributed by atoms with Gasteiger partial charge in [0.25, 0.3) is 0 Å². The zero-order valence-electron chi connectivity index (χ0n) is 6.15. The maximum atomic E-state index is 5.57. The van der Waals surface area contributed by atoms with E-state index in [-0.39, 0.29) is 24.8 Å². The van der Waals surface area contributed by atoms with Gasteiger partial charge in [0.1, 0.15) is 5.82 Å². The molecule has 5 heteroatoms. The third-order valence-electron chi connectivity index (χ3n) is 1.52. The van der Waals surface area contributed by atoms with Crippen molar-refractivity contribution >= 4 is 30.6 Å². The minimum absolute atomic E-state index is 0. The van der Waals surface area contributed by atoms with Gasteiger partial charge in [-0.1, -0.05) is 6.07 Å². The molecule has 0 atom stereocenters. The molecule has 0 radical (unpaired) electrons. The Hall–Kier alpha value is -0.930. The number of nitrogens with one attached hydrogen (secondary N) is 1. The molecule has 0 saturated carbocycles. The molecule has 0 amide bonds. The van der Waals surface area contributed by atoms with Crippen molar-refractivity contribution in [3.63, 3.8) is 0 Å². The van der Waals surface area contributed by atoms with Gasteiger partial charge in [0.05, 0.1) is 12.0 Å². The fraction of sp³-hybridized carbons (Fsp3) is 0. The number of aromatic nitrogens is 2. The van der Waals surface area contributed by atoms with Crippen LogP contribution in [0.25, 0.3) is 11.3 Å². The second kappa shape index (κ2) is 4.18. The number of nitrogens with two attached hydrogens (primary N) is 1. The first-order chi connectivity index (χ1) is 4.88. The van der Waals surface area contributed by atoms with Crippen LogP contribution in [0.1, 0.15) is 0 Å². The molecule has 66 valence electrons. The average molecular weight is 206 g/mol. The summed E-state index contributed by atoms with van der Waals surface area (Å²) in [5.74, 6) is 0.582. The van der Waals surface area contributed by atoms with E-state index >= 15 is 0 Å². The second-order valence-electron chi connectivity index (χ2n) is 2.14. The Morgan fingerprint density at radius 1 is 1.25 bits per heavy atom. The average Bonchev–Trinajstić information content (AvgIpc) is 2.36. The molecular weight excluding hydrogens is 197 g/mol. The van der Waals surface area contributed by atoms with Crippen LogP contribution < -0.4 is 5.73 Å². The highest BCUT2D eigenvalue weighted by molar-refractivity contribution is 5.85. The fourth-order valence-electron chi connectivity index (χ4n) is 1.01. The summed E-state index contributed by atoms with van der Waals surface area (Å²) in [4.78, 5) is 6.88. The highest BCUT2D eigenvalue weighted by Gasteiger charge is 2.03. The Morgan fingerprint density at radius 3 is 2.67 bits per heavy atom. The van der Waals surface area contributed by atoms with Crippen LogP contribution in [0.15, 0.2) is 24.5 Å². The molecule has 1 aliphatic heterocycles. The van der Waals surface area contributed by atoms with Gasteiger partial charge in [-0.25, -0.2) is 4.98 Å². The van der Waals surface area contributed by atoms with Gasteiger partial charge in [0.15, 0.2) is 0 Å². The van der Waals surface area contributed by atoms with Crippen LogP contribution in [-0.2, 0) is 0 Å². The van der Waals surface area contributed by atoms with Crippen molar-refractivity contribution < 1.29 is 0 Å². The summed E-state index contributed by atoms with van der Waals surface area (Å²) in [6.07, 6.45) is 1.59. The monoisotopic (exact) mass is 205 g/mol. The van der Waals surface area contributed by atoms with Gasteiger partial charge in [-0.2, -0.15) is 0 Å². The van der Waals surface area contributed by atoms with E-state index in [0.29, 0.717) is 5.82 Å². The first-order valence-electron chi connectivity index (χ1n) is 3.05. The molecular formula is C7H9Cl2N3. The zero-order chi connectivity index (χ0) is 6.97. The van der Waals surface area contributed by atoms with Crippen LogP contribution in [0.3, 0.4) is 0 Å². The lowest BCUT2D eigenvalue weighted by Gasteiger charge is -1.99. The number of aromatic amines is 1.